The van der Waals surface area contributed by atoms with Crippen LogP contribution in [0.3, 0.4) is 0 Å². The maximum atomic E-state index is 8.87. The molecule has 17 heavy (non-hydrogen) atoms. The van der Waals surface area contributed by atoms with Gasteiger partial charge in [0.05, 0.1) is 18.2 Å². The molecule has 0 spiro atoms. The van der Waals surface area contributed by atoms with Crippen LogP contribution in [0.5, 0.6) is 0 Å². The van der Waals surface area contributed by atoms with Gasteiger partial charge in [0.15, 0.2) is 0 Å². The standard InChI is InChI=1S/C13H18N4/c14-6-5-13-10-15-7-3-9-17(13)11-12-4-1-2-8-16-12/h1-2,4,8,13,15H,3,5,7,9-11H2. The van der Waals surface area contributed by atoms with Crippen molar-refractivity contribution in [3.63, 3.8) is 0 Å². The van der Waals surface area contributed by atoms with Crippen LogP contribution in [0.1, 0.15) is 18.5 Å². The zero-order valence-electron chi connectivity index (χ0n) is 9.97. The van der Waals surface area contributed by atoms with Gasteiger partial charge in [0.2, 0.25) is 0 Å². The molecule has 1 atom stereocenters. The maximum absolute atomic E-state index is 8.87. The van der Waals surface area contributed by atoms with Gasteiger partial charge in [0, 0.05) is 31.9 Å². The molecule has 1 N–H and O–H groups in total. The Kier molecular flexibility index (Phi) is 4.48. The van der Waals surface area contributed by atoms with Crippen molar-refractivity contribution in [1.82, 2.24) is 15.2 Å². The summed E-state index contributed by atoms with van der Waals surface area (Å²) in [7, 11) is 0. The summed E-state index contributed by atoms with van der Waals surface area (Å²) >= 11 is 0. The number of aromatic nitrogens is 1. The lowest BCUT2D eigenvalue weighted by molar-refractivity contribution is 0.200. The molecule has 1 unspecified atom stereocenters. The molecule has 90 valence electrons. The molecule has 1 aliphatic rings. The molecule has 0 radical (unpaired) electrons. The van der Waals surface area contributed by atoms with Crippen LogP contribution in [0, 0.1) is 11.3 Å². The summed E-state index contributed by atoms with van der Waals surface area (Å²) in [4.78, 5) is 6.72. The maximum Gasteiger partial charge on any atom is 0.0638 e. The topological polar surface area (TPSA) is 52.0 Å². The quantitative estimate of drug-likeness (QED) is 0.846. The van der Waals surface area contributed by atoms with Crippen molar-refractivity contribution in [2.45, 2.75) is 25.4 Å². The predicted molar refractivity (Wildman–Crippen MR) is 66.2 cm³/mol. The minimum Gasteiger partial charge on any atom is -0.315 e. The molecule has 0 bridgehead atoms. The lowest BCUT2D eigenvalue weighted by Crippen LogP contribution is -2.39. The molecular formula is C13H18N4. The molecule has 4 nitrogen and oxygen atoms in total. The number of rotatable bonds is 3. The van der Waals surface area contributed by atoms with Crippen LogP contribution in [-0.4, -0.2) is 35.6 Å². The second-order valence-electron chi connectivity index (χ2n) is 4.37. The molecule has 1 saturated heterocycles. The average Bonchev–Trinajstić information content (AvgIpc) is 2.57. The summed E-state index contributed by atoms with van der Waals surface area (Å²) in [6, 6.07) is 8.57. The van der Waals surface area contributed by atoms with E-state index in [0.29, 0.717) is 12.5 Å². The Labute approximate surface area is 102 Å². The van der Waals surface area contributed by atoms with Crippen LogP contribution in [0.4, 0.5) is 0 Å². The minimum absolute atomic E-state index is 0.310. The first-order chi connectivity index (χ1) is 8.40. The molecule has 4 heteroatoms. The molecule has 1 aliphatic heterocycles. The van der Waals surface area contributed by atoms with E-state index in [1.54, 1.807) is 0 Å². The fraction of sp³-hybridized carbons (Fsp3) is 0.538. The first-order valence-corrected chi connectivity index (χ1v) is 6.12. The Morgan fingerprint density at radius 1 is 1.53 bits per heavy atom. The van der Waals surface area contributed by atoms with Crippen molar-refractivity contribution in [1.29, 1.82) is 5.26 Å². The molecular weight excluding hydrogens is 212 g/mol. The van der Waals surface area contributed by atoms with Gasteiger partial charge in [-0.3, -0.25) is 9.88 Å². The van der Waals surface area contributed by atoms with Crippen molar-refractivity contribution in [3.05, 3.63) is 30.1 Å². The second kappa shape index (κ2) is 6.33. The van der Waals surface area contributed by atoms with Crippen molar-refractivity contribution in [3.8, 4) is 6.07 Å². The van der Waals surface area contributed by atoms with E-state index in [1.807, 2.05) is 24.4 Å². The lowest BCUT2D eigenvalue weighted by Gasteiger charge is -2.27. The average molecular weight is 230 g/mol. The number of nitrogens with one attached hydrogen (secondary N) is 1. The number of pyridine rings is 1. The molecule has 1 aromatic heterocycles. The second-order valence-corrected chi connectivity index (χ2v) is 4.37. The van der Waals surface area contributed by atoms with Gasteiger partial charge in [0.25, 0.3) is 0 Å². The molecule has 2 heterocycles. The van der Waals surface area contributed by atoms with E-state index in [4.69, 9.17) is 5.26 Å². The van der Waals surface area contributed by atoms with Gasteiger partial charge in [-0.25, -0.2) is 0 Å². The van der Waals surface area contributed by atoms with Crippen LogP contribution in [0.15, 0.2) is 24.4 Å². The molecule has 1 aromatic rings. The summed E-state index contributed by atoms with van der Waals surface area (Å²) in [5.41, 5.74) is 1.08. The van der Waals surface area contributed by atoms with Crippen molar-refractivity contribution in [2.24, 2.45) is 0 Å². The molecule has 0 saturated carbocycles. The van der Waals surface area contributed by atoms with E-state index in [0.717, 1.165) is 38.3 Å². The summed E-state index contributed by atoms with van der Waals surface area (Å²) < 4.78 is 0. The molecule has 0 amide bonds. The fourth-order valence-electron chi connectivity index (χ4n) is 2.20. The van der Waals surface area contributed by atoms with E-state index < -0.39 is 0 Å². The highest BCUT2D eigenvalue weighted by molar-refractivity contribution is 5.04. The third kappa shape index (κ3) is 3.52. The Hall–Kier alpha value is -1.44. The highest BCUT2D eigenvalue weighted by Gasteiger charge is 2.20. The van der Waals surface area contributed by atoms with Gasteiger partial charge in [-0.2, -0.15) is 5.26 Å². The number of nitrogens with zero attached hydrogens (tertiary/aromatic N) is 3. The smallest absolute Gasteiger partial charge is 0.0638 e. The third-order valence-corrected chi connectivity index (χ3v) is 3.11. The summed E-state index contributed by atoms with van der Waals surface area (Å²) in [6.07, 6.45) is 3.54. The Balaban J connectivity index is 2.02. The van der Waals surface area contributed by atoms with E-state index >= 15 is 0 Å². The van der Waals surface area contributed by atoms with Crippen LogP contribution < -0.4 is 5.32 Å². The van der Waals surface area contributed by atoms with Crippen LogP contribution >= 0.6 is 0 Å². The summed E-state index contributed by atoms with van der Waals surface area (Å²) in [6.45, 7) is 3.83. The van der Waals surface area contributed by atoms with Gasteiger partial charge in [0.1, 0.15) is 0 Å². The molecule has 2 rings (SSSR count). The lowest BCUT2D eigenvalue weighted by atomic mass is 10.1. The van der Waals surface area contributed by atoms with E-state index in [2.05, 4.69) is 21.3 Å². The monoisotopic (exact) mass is 230 g/mol. The van der Waals surface area contributed by atoms with Gasteiger partial charge < -0.3 is 5.32 Å². The Morgan fingerprint density at radius 3 is 3.24 bits per heavy atom. The zero-order chi connectivity index (χ0) is 11.9. The highest BCUT2D eigenvalue weighted by Crippen LogP contribution is 2.11. The normalized spacial score (nSPS) is 21.7. The Bertz CT molecular complexity index is 371. The van der Waals surface area contributed by atoms with Crippen molar-refractivity contribution < 1.29 is 0 Å². The number of hydrogen-bond acceptors (Lipinski definition) is 4. The first-order valence-electron chi connectivity index (χ1n) is 6.12. The van der Waals surface area contributed by atoms with E-state index in [9.17, 15) is 0 Å². The third-order valence-electron chi connectivity index (χ3n) is 3.11. The van der Waals surface area contributed by atoms with Crippen molar-refractivity contribution >= 4 is 0 Å². The van der Waals surface area contributed by atoms with E-state index in [1.165, 1.54) is 0 Å². The van der Waals surface area contributed by atoms with Gasteiger partial charge >= 0.3 is 0 Å². The first kappa shape index (κ1) is 12.0. The van der Waals surface area contributed by atoms with Gasteiger partial charge in [-0.1, -0.05) is 6.07 Å². The minimum atomic E-state index is 0.310. The molecule has 0 aromatic carbocycles. The largest absolute Gasteiger partial charge is 0.315 e. The number of nitriles is 1. The molecule has 0 aliphatic carbocycles. The summed E-state index contributed by atoms with van der Waals surface area (Å²) in [5.74, 6) is 0. The zero-order valence-corrected chi connectivity index (χ0v) is 9.97. The van der Waals surface area contributed by atoms with Gasteiger partial charge in [-0.15, -0.1) is 0 Å². The fourth-order valence-corrected chi connectivity index (χ4v) is 2.20. The predicted octanol–water partition coefficient (Wildman–Crippen LogP) is 1.16. The number of hydrogen-bond donors (Lipinski definition) is 1. The molecule has 1 fully saturated rings. The van der Waals surface area contributed by atoms with Crippen LogP contribution in [0.2, 0.25) is 0 Å². The highest BCUT2D eigenvalue weighted by atomic mass is 15.2. The van der Waals surface area contributed by atoms with E-state index in [-0.39, 0.29) is 0 Å². The van der Waals surface area contributed by atoms with Crippen LogP contribution in [0.25, 0.3) is 0 Å². The SMILES string of the molecule is N#CCC1CNCCCN1Cc1ccccn1. The summed E-state index contributed by atoms with van der Waals surface area (Å²) in [5, 5.41) is 12.3. The van der Waals surface area contributed by atoms with Crippen molar-refractivity contribution in [2.75, 3.05) is 19.6 Å². The Morgan fingerprint density at radius 2 is 2.47 bits per heavy atom. The van der Waals surface area contributed by atoms with Crippen LogP contribution in [-0.2, 0) is 6.54 Å². The van der Waals surface area contributed by atoms with Gasteiger partial charge in [-0.05, 0) is 25.1 Å².